The molecule has 3 rings (SSSR count). The summed E-state index contributed by atoms with van der Waals surface area (Å²) in [7, 11) is 0. The van der Waals surface area contributed by atoms with Crippen molar-refractivity contribution in [1.29, 1.82) is 0 Å². The number of hydrogen-bond acceptors (Lipinski definition) is 5. The molecule has 0 saturated heterocycles. The number of benzene rings is 3. The monoisotopic (exact) mass is 505 g/mol. The van der Waals surface area contributed by atoms with Gasteiger partial charge in [-0.2, -0.15) is 0 Å². The maximum absolute atomic E-state index is 10.7. The standard InChI is InChI=1S/C31H39NO5/c33-25-26-11-13-27(14-12-26)28-15-19-30(20-16-28)36-23-9-7-5-3-1-2-4-6-8-10-24-37-31-21-17-29(18-22-31)32(34)35/h11-22,33H,1-10,23-25H2. The first-order valence-corrected chi connectivity index (χ1v) is 13.5. The molecule has 3 aromatic rings. The second-order valence-corrected chi connectivity index (χ2v) is 9.36. The zero-order valence-electron chi connectivity index (χ0n) is 21.6. The van der Waals surface area contributed by atoms with Crippen LogP contribution in [-0.4, -0.2) is 23.2 Å². The molecule has 3 aromatic carbocycles. The Kier molecular flexibility index (Phi) is 12.5. The number of aliphatic hydroxyl groups excluding tert-OH is 1. The number of nitrogens with zero attached hydrogens (tertiary/aromatic N) is 1. The van der Waals surface area contributed by atoms with Crippen LogP contribution in [0, 0.1) is 10.1 Å². The van der Waals surface area contributed by atoms with Crippen molar-refractivity contribution in [3.05, 3.63) is 88.5 Å². The van der Waals surface area contributed by atoms with Gasteiger partial charge in [0.2, 0.25) is 0 Å². The van der Waals surface area contributed by atoms with E-state index < -0.39 is 4.92 Å². The minimum absolute atomic E-state index is 0.0692. The van der Waals surface area contributed by atoms with E-state index in [0.717, 1.165) is 48.3 Å². The minimum Gasteiger partial charge on any atom is -0.494 e. The van der Waals surface area contributed by atoms with Gasteiger partial charge in [-0.25, -0.2) is 0 Å². The van der Waals surface area contributed by atoms with E-state index in [1.165, 1.54) is 57.1 Å². The summed E-state index contributed by atoms with van der Waals surface area (Å²) in [6.07, 6.45) is 12.1. The van der Waals surface area contributed by atoms with Gasteiger partial charge in [0.05, 0.1) is 24.7 Å². The summed E-state index contributed by atoms with van der Waals surface area (Å²) in [5.41, 5.74) is 3.29. The Morgan fingerprint density at radius 1 is 0.568 bits per heavy atom. The lowest BCUT2D eigenvalue weighted by Crippen LogP contribution is -1.97. The number of unbranched alkanes of at least 4 members (excludes halogenated alkanes) is 9. The third kappa shape index (κ3) is 10.6. The van der Waals surface area contributed by atoms with Crippen molar-refractivity contribution >= 4 is 5.69 Å². The van der Waals surface area contributed by atoms with Gasteiger partial charge in [-0.05, 0) is 53.8 Å². The van der Waals surface area contributed by atoms with Crippen LogP contribution < -0.4 is 9.47 Å². The largest absolute Gasteiger partial charge is 0.494 e. The first-order chi connectivity index (χ1) is 18.2. The molecule has 6 nitrogen and oxygen atoms in total. The zero-order valence-corrected chi connectivity index (χ0v) is 21.6. The quantitative estimate of drug-likeness (QED) is 0.107. The summed E-state index contributed by atoms with van der Waals surface area (Å²) in [5.74, 6) is 1.60. The maximum atomic E-state index is 10.7. The molecule has 37 heavy (non-hydrogen) atoms. The number of nitro benzene ring substituents is 1. The van der Waals surface area contributed by atoms with Crippen molar-refractivity contribution < 1.29 is 19.5 Å². The van der Waals surface area contributed by atoms with Crippen LogP contribution in [0.5, 0.6) is 11.5 Å². The van der Waals surface area contributed by atoms with Crippen LogP contribution in [0.25, 0.3) is 11.1 Å². The van der Waals surface area contributed by atoms with Gasteiger partial charge in [0.15, 0.2) is 0 Å². The summed E-state index contributed by atoms with van der Waals surface area (Å²) in [6, 6.07) is 22.4. The van der Waals surface area contributed by atoms with Crippen molar-refractivity contribution in [2.45, 2.75) is 70.8 Å². The second kappa shape index (κ2) is 16.4. The summed E-state index contributed by atoms with van der Waals surface area (Å²) in [4.78, 5) is 10.3. The van der Waals surface area contributed by atoms with Gasteiger partial charge < -0.3 is 14.6 Å². The lowest BCUT2D eigenvalue weighted by Gasteiger charge is -2.08. The molecule has 0 aromatic heterocycles. The van der Waals surface area contributed by atoms with Crippen LogP contribution in [0.3, 0.4) is 0 Å². The first kappa shape index (κ1) is 28.2. The smallest absolute Gasteiger partial charge is 0.269 e. The third-order valence-corrected chi connectivity index (χ3v) is 6.45. The van der Waals surface area contributed by atoms with Crippen LogP contribution >= 0.6 is 0 Å². The van der Waals surface area contributed by atoms with Crippen molar-refractivity contribution in [3.63, 3.8) is 0 Å². The van der Waals surface area contributed by atoms with Gasteiger partial charge in [-0.3, -0.25) is 10.1 Å². The molecule has 1 N–H and O–H groups in total. The van der Waals surface area contributed by atoms with Gasteiger partial charge in [0, 0.05) is 12.1 Å². The fourth-order valence-corrected chi connectivity index (χ4v) is 4.21. The number of non-ortho nitro benzene ring substituents is 1. The van der Waals surface area contributed by atoms with Crippen molar-refractivity contribution in [2.75, 3.05) is 13.2 Å². The fraction of sp³-hybridized carbons (Fsp3) is 0.419. The molecule has 0 aliphatic heterocycles. The fourth-order valence-electron chi connectivity index (χ4n) is 4.21. The predicted molar refractivity (Wildman–Crippen MR) is 148 cm³/mol. The highest BCUT2D eigenvalue weighted by Crippen LogP contribution is 2.23. The number of aliphatic hydroxyl groups is 1. The average Bonchev–Trinajstić information content (AvgIpc) is 2.94. The van der Waals surface area contributed by atoms with Crippen LogP contribution in [0.1, 0.15) is 69.8 Å². The summed E-state index contributed by atoms with van der Waals surface area (Å²) in [5, 5.41) is 19.8. The molecule has 198 valence electrons. The Morgan fingerprint density at radius 3 is 1.35 bits per heavy atom. The second-order valence-electron chi connectivity index (χ2n) is 9.36. The Balaban J connectivity index is 1.12. The van der Waals surface area contributed by atoms with Crippen LogP contribution in [0.4, 0.5) is 5.69 Å². The molecule has 0 heterocycles. The van der Waals surface area contributed by atoms with Gasteiger partial charge >= 0.3 is 0 Å². The molecule has 0 amide bonds. The predicted octanol–water partition coefficient (Wildman–Crippen LogP) is 8.11. The van der Waals surface area contributed by atoms with Gasteiger partial charge in [0.1, 0.15) is 11.5 Å². The molecule has 0 aliphatic carbocycles. The molecule has 6 heteroatoms. The topological polar surface area (TPSA) is 81.8 Å². The molecule has 0 radical (unpaired) electrons. The molecule has 0 fully saturated rings. The van der Waals surface area contributed by atoms with E-state index >= 15 is 0 Å². The number of hydrogen-bond donors (Lipinski definition) is 1. The maximum Gasteiger partial charge on any atom is 0.269 e. The van der Waals surface area contributed by atoms with Crippen molar-refractivity contribution in [3.8, 4) is 22.6 Å². The van der Waals surface area contributed by atoms with Crippen LogP contribution in [0.15, 0.2) is 72.8 Å². The number of ether oxygens (including phenoxy) is 2. The number of rotatable bonds is 18. The molecular formula is C31H39NO5. The minimum atomic E-state index is -0.401. The highest BCUT2D eigenvalue weighted by Gasteiger charge is 2.04. The van der Waals surface area contributed by atoms with Crippen LogP contribution in [0.2, 0.25) is 0 Å². The average molecular weight is 506 g/mol. The lowest BCUT2D eigenvalue weighted by molar-refractivity contribution is -0.384. The zero-order chi connectivity index (χ0) is 26.1. The van der Waals surface area contributed by atoms with E-state index in [-0.39, 0.29) is 12.3 Å². The molecule has 0 bridgehead atoms. The Bertz CT molecular complexity index is 1030. The van der Waals surface area contributed by atoms with E-state index in [1.54, 1.807) is 12.1 Å². The highest BCUT2D eigenvalue weighted by molar-refractivity contribution is 5.64. The van der Waals surface area contributed by atoms with E-state index in [4.69, 9.17) is 14.6 Å². The third-order valence-electron chi connectivity index (χ3n) is 6.45. The van der Waals surface area contributed by atoms with Gasteiger partial charge in [-0.1, -0.05) is 87.8 Å². The SMILES string of the molecule is O=[N+]([O-])c1ccc(OCCCCCCCCCCCCOc2ccc(-c3ccc(CO)cc3)cc2)cc1. The van der Waals surface area contributed by atoms with Crippen LogP contribution in [-0.2, 0) is 6.61 Å². The number of nitro groups is 1. The molecule has 0 aliphatic rings. The summed E-state index contributed by atoms with van der Waals surface area (Å²) in [6.45, 7) is 1.48. The van der Waals surface area contributed by atoms with Gasteiger partial charge in [0.25, 0.3) is 5.69 Å². The Hall–Kier alpha value is -3.38. The van der Waals surface area contributed by atoms with Gasteiger partial charge in [-0.15, -0.1) is 0 Å². The van der Waals surface area contributed by atoms with Crippen molar-refractivity contribution in [2.24, 2.45) is 0 Å². The van der Waals surface area contributed by atoms with E-state index in [2.05, 4.69) is 12.1 Å². The Labute approximate surface area is 220 Å². The molecule has 0 spiro atoms. The Morgan fingerprint density at radius 2 is 0.946 bits per heavy atom. The first-order valence-electron chi connectivity index (χ1n) is 13.5. The van der Waals surface area contributed by atoms with E-state index in [0.29, 0.717) is 12.4 Å². The molecule has 0 atom stereocenters. The lowest BCUT2D eigenvalue weighted by atomic mass is 10.0. The summed E-state index contributed by atoms with van der Waals surface area (Å²) < 4.78 is 11.5. The highest BCUT2D eigenvalue weighted by atomic mass is 16.6. The molecular weight excluding hydrogens is 466 g/mol. The van der Waals surface area contributed by atoms with Crippen molar-refractivity contribution in [1.82, 2.24) is 0 Å². The molecule has 0 saturated carbocycles. The molecule has 0 unspecified atom stereocenters. The van der Waals surface area contributed by atoms with E-state index in [9.17, 15) is 10.1 Å². The van der Waals surface area contributed by atoms with E-state index in [1.807, 2.05) is 36.4 Å². The normalized spacial score (nSPS) is 10.8. The summed E-state index contributed by atoms with van der Waals surface area (Å²) >= 11 is 0.